The normalized spacial score (nSPS) is 15.7. The molecule has 0 bridgehead atoms. The van der Waals surface area contributed by atoms with Gasteiger partial charge in [-0.15, -0.1) is 0 Å². The summed E-state index contributed by atoms with van der Waals surface area (Å²) in [7, 11) is 1.65. The molecule has 2 amide bonds. The fourth-order valence-corrected chi connectivity index (χ4v) is 2.87. The van der Waals surface area contributed by atoms with Crippen LogP contribution in [-0.4, -0.2) is 35.7 Å². The van der Waals surface area contributed by atoms with E-state index in [1.165, 1.54) is 4.90 Å². The summed E-state index contributed by atoms with van der Waals surface area (Å²) in [4.78, 5) is 42.1. The van der Waals surface area contributed by atoms with Crippen molar-refractivity contribution in [1.29, 1.82) is 0 Å². The van der Waals surface area contributed by atoms with Crippen molar-refractivity contribution in [1.82, 2.24) is 4.98 Å². The molecule has 0 saturated heterocycles. The number of hydrogen-bond acceptors (Lipinski definition) is 5. The maximum atomic E-state index is 12.5. The second-order valence-corrected chi connectivity index (χ2v) is 6.53. The van der Waals surface area contributed by atoms with Crippen molar-refractivity contribution in [3.05, 3.63) is 47.7 Å². The highest BCUT2D eigenvalue weighted by molar-refractivity contribution is 6.03. The van der Waals surface area contributed by atoms with Gasteiger partial charge in [-0.05, 0) is 49.7 Å². The number of nitrogens with one attached hydrogen (secondary N) is 1. The van der Waals surface area contributed by atoms with E-state index in [2.05, 4.69) is 10.3 Å². The molecule has 7 nitrogen and oxygen atoms in total. The smallest absolute Gasteiger partial charge is 0.267 e. The van der Waals surface area contributed by atoms with Gasteiger partial charge < -0.3 is 15.0 Å². The van der Waals surface area contributed by atoms with E-state index in [0.717, 1.165) is 5.56 Å². The number of rotatable bonds is 5. The molecule has 1 aromatic heterocycles. The number of carbonyl (C=O) groups is 3. The van der Waals surface area contributed by atoms with E-state index in [9.17, 15) is 14.4 Å². The fourth-order valence-electron chi connectivity index (χ4n) is 2.87. The van der Waals surface area contributed by atoms with Crippen LogP contribution in [0.15, 0.2) is 36.5 Å². The van der Waals surface area contributed by atoms with E-state index in [1.807, 2.05) is 13.0 Å². The third-order valence-corrected chi connectivity index (χ3v) is 4.39. The van der Waals surface area contributed by atoms with Crippen molar-refractivity contribution in [3.63, 3.8) is 0 Å². The van der Waals surface area contributed by atoms with Gasteiger partial charge in [0.1, 0.15) is 11.6 Å². The predicted molar refractivity (Wildman–Crippen MR) is 101 cm³/mol. The number of ketones is 1. The Bertz CT molecular complexity index is 910. The minimum absolute atomic E-state index is 0.0494. The number of fused-ring (bicyclic) bond motifs is 1. The molecule has 1 aromatic carbocycles. The molecule has 27 heavy (non-hydrogen) atoms. The van der Waals surface area contributed by atoms with Gasteiger partial charge in [0.25, 0.3) is 5.91 Å². The molecule has 1 N–H and O–H groups in total. The zero-order valence-electron chi connectivity index (χ0n) is 15.5. The summed E-state index contributed by atoms with van der Waals surface area (Å²) in [5.74, 6) is 0.405. The predicted octanol–water partition coefficient (Wildman–Crippen LogP) is 2.74. The highest BCUT2D eigenvalue weighted by atomic mass is 16.5. The van der Waals surface area contributed by atoms with Crippen LogP contribution < -0.4 is 15.0 Å². The topological polar surface area (TPSA) is 88.6 Å². The van der Waals surface area contributed by atoms with Gasteiger partial charge in [-0.2, -0.15) is 0 Å². The van der Waals surface area contributed by atoms with Crippen molar-refractivity contribution < 1.29 is 19.1 Å². The number of carbonyl (C=O) groups excluding carboxylic acids is 3. The van der Waals surface area contributed by atoms with E-state index >= 15 is 0 Å². The Labute approximate surface area is 157 Å². The Morgan fingerprint density at radius 3 is 2.74 bits per heavy atom. The largest absolute Gasteiger partial charge is 0.479 e. The minimum Gasteiger partial charge on any atom is -0.479 e. The number of pyridine rings is 1. The number of aromatic nitrogens is 1. The zero-order chi connectivity index (χ0) is 19.6. The number of amides is 2. The summed E-state index contributed by atoms with van der Waals surface area (Å²) >= 11 is 0. The van der Waals surface area contributed by atoms with Crippen molar-refractivity contribution in [2.24, 2.45) is 0 Å². The minimum atomic E-state index is -0.553. The number of nitrogens with zero attached hydrogens (tertiary/aromatic N) is 2. The molecule has 3 rings (SSSR count). The van der Waals surface area contributed by atoms with Gasteiger partial charge in [-0.3, -0.25) is 14.4 Å². The van der Waals surface area contributed by atoms with Crippen LogP contribution in [0.2, 0.25) is 0 Å². The zero-order valence-corrected chi connectivity index (χ0v) is 15.5. The van der Waals surface area contributed by atoms with Crippen molar-refractivity contribution in [2.45, 2.75) is 32.8 Å². The molecule has 1 aliphatic heterocycles. The maximum Gasteiger partial charge on any atom is 0.267 e. The number of ether oxygens (including phenoxy) is 1. The quantitative estimate of drug-likeness (QED) is 0.821. The second-order valence-electron chi connectivity index (χ2n) is 6.53. The molecule has 2 heterocycles. The maximum absolute atomic E-state index is 12.5. The Morgan fingerprint density at radius 1 is 1.22 bits per heavy atom. The SMILES string of the molecule is Cc1ccnc(NC(=O)CCC(=O)c2ccc3c(c2)N(C)C(=O)C(C)O3)c1. The van der Waals surface area contributed by atoms with Crippen LogP contribution in [0.25, 0.3) is 0 Å². The first kappa shape index (κ1) is 18.6. The molecule has 0 spiro atoms. The number of benzene rings is 1. The Morgan fingerprint density at radius 2 is 2.00 bits per heavy atom. The molecule has 0 aliphatic carbocycles. The summed E-state index contributed by atoms with van der Waals surface area (Å²) in [6, 6.07) is 8.55. The van der Waals surface area contributed by atoms with E-state index < -0.39 is 6.10 Å². The lowest BCUT2D eigenvalue weighted by molar-refractivity contribution is -0.125. The molecule has 2 aromatic rings. The first-order valence-electron chi connectivity index (χ1n) is 8.69. The molecule has 140 valence electrons. The van der Waals surface area contributed by atoms with Crippen LogP contribution in [-0.2, 0) is 9.59 Å². The number of anilines is 2. The monoisotopic (exact) mass is 367 g/mol. The summed E-state index contributed by atoms with van der Waals surface area (Å²) < 4.78 is 5.55. The Kier molecular flexibility index (Phi) is 5.21. The van der Waals surface area contributed by atoms with E-state index in [-0.39, 0.29) is 30.4 Å². The summed E-state index contributed by atoms with van der Waals surface area (Å²) in [5, 5.41) is 2.68. The molecule has 1 aliphatic rings. The summed E-state index contributed by atoms with van der Waals surface area (Å²) in [6.07, 6.45) is 1.17. The highest BCUT2D eigenvalue weighted by Crippen LogP contribution is 2.34. The summed E-state index contributed by atoms with van der Waals surface area (Å²) in [5.41, 5.74) is 1.98. The van der Waals surface area contributed by atoms with E-state index in [4.69, 9.17) is 4.74 Å². The van der Waals surface area contributed by atoms with Crippen molar-refractivity contribution in [3.8, 4) is 5.75 Å². The first-order chi connectivity index (χ1) is 12.8. The first-order valence-corrected chi connectivity index (χ1v) is 8.69. The third-order valence-electron chi connectivity index (χ3n) is 4.39. The second kappa shape index (κ2) is 7.57. The molecule has 0 fully saturated rings. The number of aryl methyl sites for hydroxylation is 1. The standard InChI is InChI=1S/C20H21N3O4/c1-12-8-9-21-18(10-12)22-19(25)7-5-16(24)14-4-6-17-15(11-14)23(3)20(26)13(2)27-17/h4,6,8-11,13H,5,7H2,1-3H3,(H,21,22,25). The van der Waals surface area contributed by atoms with Crippen LogP contribution in [0.4, 0.5) is 11.5 Å². The number of likely N-dealkylation sites (N-methyl/N-ethyl adjacent to an activating group) is 1. The molecule has 0 radical (unpaired) electrons. The molecule has 1 unspecified atom stereocenters. The van der Waals surface area contributed by atoms with Gasteiger partial charge in [0.2, 0.25) is 5.91 Å². The van der Waals surface area contributed by atoms with Gasteiger partial charge >= 0.3 is 0 Å². The van der Waals surface area contributed by atoms with Gasteiger partial charge in [-0.1, -0.05) is 0 Å². The van der Waals surface area contributed by atoms with Gasteiger partial charge in [0.05, 0.1) is 5.69 Å². The molecular weight excluding hydrogens is 346 g/mol. The number of Topliss-reactive ketones (excluding diaryl/α,β-unsaturated/α-hetero) is 1. The average molecular weight is 367 g/mol. The van der Waals surface area contributed by atoms with E-state index in [0.29, 0.717) is 22.8 Å². The van der Waals surface area contributed by atoms with E-state index in [1.54, 1.807) is 44.4 Å². The summed E-state index contributed by atoms with van der Waals surface area (Å²) in [6.45, 7) is 3.59. The molecule has 1 atom stereocenters. The molecular formula is C20H21N3O4. The number of hydrogen-bond donors (Lipinski definition) is 1. The van der Waals surface area contributed by atoms with Crippen LogP contribution >= 0.6 is 0 Å². The lowest BCUT2D eigenvalue weighted by Gasteiger charge is -2.30. The fraction of sp³-hybridized carbons (Fsp3) is 0.300. The average Bonchev–Trinajstić information content (AvgIpc) is 2.64. The lowest BCUT2D eigenvalue weighted by atomic mass is 10.0. The highest BCUT2D eigenvalue weighted by Gasteiger charge is 2.29. The van der Waals surface area contributed by atoms with Gasteiger partial charge in [-0.25, -0.2) is 4.98 Å². The molecule has 7 heteroatoms. The molecule has 0 saturated carbocycles. The van der Waals surface area contributed by atoms with Gasteiger partial charge in [0.15, 0.2) is 11.9 Å². The Balaban J connectivity index is 1.63. The van der Waals surface area contributed by atoms with Crippen LogP contribution in [0.3, 0.4) is 0 Å². The van der Waals surface area contributed by atoms with Crippen LogP contribution in [0, 0.1) is 6.92 Å². The third kappa shape index (κ3) is 4.13. The van der Waals surface area contributed by atoms with Gasteiger partial charge in [0, 0.05) is 31.6 Å². The van der Waals surface area contributed by atoms with Crippen molar-refractivity contribution >= 4 is 29.1 Å². The Hall–Kier alpha value is -3.22. The van der Waals surface area contributed by atoms with Crippen molar-refractivity contribution in [2.75, 3.05) is 17.3 Å². The van der Waals surface area contributed by atoms with Crippen LogP contribution in [0.5, 0.6) is 5.75 Å². The lowest BCUT2D eigenvalue weighted by Crippen LogP contribution is -2.42. The van der Waals surface area contributed by atoms with Crippen LogP contribution in [0.1, 0.15) is 35.7 Å².